The zero-order valence-electron chi connectivity index (χ0n) is 7.49. The van der Waals surface area contributed by atoms with Crippen LogP contribution in [0.2, 0.25) is 0 Å². The van der Waals surface area contributed by atoms with Crippen LogP contribution in [-0.4, -0.2) is 24.4 Å². The first-order valence-electron chi connectivity index (χ1n) is 4.03. The molecular formula is C9H16N2O. The maximum atomic E-state index is 9.89. The molecule has 0 unspecified atom stereocenters. The van der Waals surface area contributed by atoms with Gasteiger partial charge in [-0.1, -0.05) is 12.7 Å². The number of carbonyl (C=O) groups excluding carboxylic acids is 1. The van der Waals surface area contributed by atoms with Crippen LogP contribution in [0.25, 0.3) is 0 Å². The Kier molecular flexibility index (Phi) is 7.03. The van der Waals surface area contributed by atoms with Crippen molar-refractivity contribution < 1.29 is 4.79 Å². The summed E-state index contributed by atoms with van der Waals surface area (Å²) in [6.07, 6.45) is 7.31. The third-order valence-corrected chi connectivity index (χ3v) is 1.40. The van der Waals surface area contributed by atoms with Gasteiger partial charge in [0.15, 0.2) is 0 Å². The summed E-state index contributed by atoms with van der Waals surface area (Å²) in [6, 6.07) is 0. The Bertz CT molecular complexity index is 155. The number of amides is 1. The van der Waals surface area contributed by atoms with Gasteiger partial charge in [-0.3, -0.25) is 4.79 Å². The molecule has 1 amide bonds. The van der Waals surface area contributed by atoms with Crippen LogP contribution >= 0.6 is 0 Å². The molecule has 0 aromatic carbocycles. The van der Waals surface area contributed by atoms with Crippen molar-refractivity contribution in [3.8, 4) is 0 Å². The SMILES string of the molecule is C=CN(/C=C\C)CCCNC=O. The second kappa shape index (κ2) is 7.85. The predicted molar refractivity (Wildman–Crippen MR) is 50.4 cm³/mol. The van der Waals surface area contributed by atoms with Gasteiger partial charge in [0.05, 0.1) is 0 Å². The monoisotopic (exact) mass is 168 g/mol. The van der Waals surface area contributed by atoms with E-state index < -0.39 is 0 Å². The number of carbonyl (C=O) groups is 1. The van der Waals surface area contributed by atoms with E-state index in [4.69, 9.17) is 0 Å². The van der Waals surface area contributed by atoms with E-state index in [0.717, 1.165) is 13.0 Å². The first kappa shape index (κ1) is 10.8. The molecule has 0 spiro atoms. The molecule has 0 aliphatic rings. The third-order valence-electron chi connectivity index (χ3n) is 1.40. The van der Waals surface area contributed by atoms with Crippen LogP contribution in [0.1, 0.15) is 13.3 Å². The van der Waals surface area contributed by atoms with Crippen LogP contribution in [0.3, 0.4) is 0 Å². The number of hydrogen-bond donors (Lipinski definition) is 1. The largest absolute Gasteiger partial charge is 0.359 e. The molecule has 0 aliphatic carbocycles. The van der Waals surface area contributed by atoms with Crippen molar-refractivity contribution in [1.29, 1.82) is 0 Å². The van der Waals surface area contributed by atoms with Gasteiger partial charge in [-0.05, 0) is 25.7 Å². The number of rotatable bonds is 7. The van der Waals surface area contributed by atoms with Gasteiger partial charge in [0.1, 0.15) is 0 Å². The highest BCUT2D eigenvalue weighted by atomic mass is 16.1. The Labute approximate surface area is 73.8 Å². The predicted octanol–water partition coefficient (Wildman–Crippen LogP) is 1.10. The fourth-order valence-electron chi connectivity index (χ4n) is 0.841. The Morgan fingerprint density at radius 1 is 1.58 bits per heavy atom. The van der Waals surface area contributed by atoms with Crippen LogP contribution in [0.15, 0.2) is 25.1 Å². The normalized spacial score (nSPS) is 9.75. The van der Waals surface area contributed by atoms with Gasteiger partial charge in [0, 0.05) is 13.1 Å². The summed E-state index contributed by atoms with van der Waals surface area (Å²) in [4.78, 5) is 11.9. The smallest absolute Gasteiger partial charge is 0.207 e. The molecule has 1 N–H and O–H groups in total. The first-order valence-corrected chi connectivity index (χ1v) is 4.03. The van der Waals surface area contributed by atoms with Gasteiger partial charge in [-0.15, -0.1) is 0 Å². The van der Waals surface area contributed by atoms with Gasteiger partial charge in [-0.25, -0.2) is 0 Å². The van der Waals surface area contributed by atoms with Crippen molar-refractivity contribution in [3.63, 3.8) is 0 Å². The molecular weight excluding hydrogens is 152 g/mol. The van der Waals surface area contributed by atoms with E-state index in [-0.39, 0.29) is 0 Å². The average molecular weight is 168 g/mol. The summed E-state index contributed by atoms with van der Waals surface area (Å²) in [5.41, 5.74) is 0. The Hall–Kier alpha value is -1.25. The third kappa shape index (κ3) is 5.53. The maximum Gasteiger partial charge on any atom is 0.207 e. The summed E-state index contributed by atoms with van der Waals surface area (Å²) in [5, 5.41) is 2.60. The molecule has 0 aromatic heterocycles. The standard InChI is InChI=1S/C9H16N2O/c1-3-7-11(4-2)8-5-6-10-9-12/h3-4,7,9H,2,5-6,8H2,1H3,(H,10,12)/b7-3-. The van der Waals surface area contributed by atoms with Crippen molar-refractivity contribution in [2.75, 3.05) is 13.1 Å². The van der Waals surface area contributed by atoms with Crippen LogP contribution in [0.5, 0.6) is 0 Å². The summed E-state index contributed by atoms with van der Waals surface area (Å²) in [5.74, 6) is 0. The Morgan fingerprint density at radius 3 is 2.83 bits per heavy atom. The van der Waals surface area contributed by atoms with E-state index in [1.54, 1.807) is 6.20 Å². The molecule has 3 heteroatoms. The molecule has 0 rings (SSSR count). The molecule has 0 atom stereocenters. The van der Waals surface area contributed by atoms with Crippen molar-refractivity contribution in [2.24, 2.45) is 0 Å². The minimum Gasteiger partial charge on any atom is -0.359 e. The number of nitrogens with one attached hydrogen (secondary N) is 1. The highest BCUT2D eigenvalue weighted by molar-refractivity contribution is 5.45. The maximum absolute atomic E-state index is 9.89. The fraction of sp³-hybridized carbons (Fsp3) is 0.444. The number of nitrogens with zero attached hydrogens (tertiary/aromatic N) is 1. The lowest BCUT2D eigenvalue weighted by molar-refractivity contribution is -0.109. The summed E-state index contributed by atoms with van der Waals surface area (Å²) >= 11 is 0. The van der Waals surface area contributed by atoms with Gasteiger partial charge in [0.2, 0.25) is 6.41 Å². The molecule has 0 aliphatic heterocycles. The van der Waals surface area contributed by atoms with E-state index >= 15 is 0 Å². The van der Waals surface area contributed by atoms with Gasteiger partial charge < -0.3 is 10.2 Å². The van der Waals surface area contributed by atoms with Crippen LogP contribution in [0.4, 0.5) is 0 Å². The van der Waals surface area contributed by atoms with Crippen molar-refractivity contribution in [1.82, 2.24) is 10.2 Å². The zero-order valence-corrected chi connectivity index (χ0v) is 7.49. The van der Waals surface area contributed by atoms with Crippen LogP contribution in [-0.2, 0) is 4.79 Å². The van der Waals surface area contributed by atoms with E-state index in [9.17, 15) is 4.79 Å². The first-order chi connectivity index (χ1) is 5.85. The van der Waals surface area contributed by atoms with Gasteiger partial charge in [-0.2, -0.15) is 0 Å². The van der Waals surface area contributed by atoms with E-state index in [1.807, 2.05) is 24.1 Å². The second-order valence-electron chi connectivity index (χ2n) is 2.33. The van der Waals surface area contributed by atoms with Crippen molar-refractivity contribution >= 4 is 6.41 Å². The topological polar surface area (TPSA) is 32.3 Å². The molecule has 0 radical (unpaired) electrons. The highest BCUT2D eigenvalue weighted by Crippen LogP contribution is 1.92. The lowest BCUT2D eigenvalue weighted by Gasteiger charge is -2.13. The molecule has 0 bridgehead atoms. The Balaban J connectivity index is 3.44. The molecule has 12 heavy (non-hydrogen) atoms. The fourth-order valence-corrected chi connectivity index (χ4v) is 0.841. The molecule has 3 nitrogen and oxygen atoms in total. The number of allylic oxidation sites excluding steroid dienone is 1. The minimum absolute atomic E-state index is 0.714. The quantitative estimate of drug-likeness (QED) is 0.456. The molecule has 0 fully saturated rings. The highest BCUT2D eigenvalue weighted by Gasteiger charge is 1.91. The average Bonchev–Trinajstić information content (AvgIpc) is 2.10. The second-order valence-corrected chi connectivity index (χ2v) is 2.33. The van der Waals surface area contributed by atoms with E-state index in [0.29, 0.717) is 13.0 Å². The van der Waals surface area contributed by atoms with Crippen molar-refractivity contribution in [3.05, 3.63) is 25.1 Å². The van der Waals surface area contributed by atoms with Crippen LogP contribution in [0, 0.1) is 0 Å². The molecule has 0 aromatic rings. The summed E-state index contributed by atoms with van der Waals surface area (Å²) in [6.45, 7) is 7.22. The summed E-state index contributed by atoms with van der Waals surface area (Å²) in [7, 11) is 0. The molecule has 0 saturated carbocycles. The van der Waals surface area contributed by atoms with Crippen molar-refractivity contribution in [2.45, 2.75) is 13.3 Å². The number of hydrogen-bond acceptors (Lipinski definition) is 2. The van der Waals surface area contributed by atoms with Gasteiger partial charge in [0.25, 0.3) is 0 Å². The minimum atomic E-state index is 0.714. The lowest BCUT2D eigenvalue weighted by atomic mass is 10.4. The Morgan fingerprint density at radius 2 is 2.33 bits per heavy atom. The summed E-state index contributed by atoms with van der Waals surface area (Å²) < 4.78 is 0. The van der Waals surface area contributed by atoms with Crippen LogP contribution < -0.4 is 5.32 Å². The van der Waals surface area contributed by atoms with Gasteiger partial charge >= 0.3 is 0 Å². The molecule has 68 valence electrons. The molecule has 0 saturated heterocycles. The zero-order chi connectivity index (χ0) is 9.23. The van der Waals surface area contributed by atoms with E-state index in [2.05, 4.69) is 11.9 Å². The lowest BCUT2D eigenvalue weighted by Crippen LogP contribution is -2.18. The van der Waals surface area contributed by atoms with E-state index in [1.165, 1.54) is 0 Å². The molecule has 0 heterocycles.